The highest BCUT2D eigenvalue weighted by Gasteiger charge is 2.31. The average Bonchev–Trinajstić information content (AvgIpc) is 2.57. The van der Waals surface area contributed by atoms with Crippen molar-refractivity contribution in [2.24, 2.45) is 0 Å². The van der Waals surface area contributed by atoms with Crippen LogP contribution in [0.2, 0.25) is 0 Å². The number of benzene rings is 1. The molecular formula is C11H13BrOS. The van der Waals surface area contributed by atoms with Crippen molar-refractivity contribution in [3.8, 4) is 0 Å². The van der Waals surface area contributed by atoms with Crippen molar-refractivity contribution in [3.05, 3.63) is 34.3 Å². The van der Waals surface area contributed by atoms with E-state index in [0.29, 0.717) is 0 Å². The first kappa shape index (κ1) is 10.5. The van der Waals surface area contributed by atoms with Crippen LogP contribution in [0.1, 0.15) is 12.0 Å². The number of halogens is 1. The molecule has 0 bridgehead atoms. The largest absolute Gasteiger partial charge is 0.389 e. The molecule has 3 heteroatoms. The van der Waals surface area contributed by atoms with Crippen LogP contribution in [0.25, 0.3) is 0 Å². The van der Waals surface area contributed by atoms with E-state index in [1.807, 2.05) is 23.9 Å². The number of aliphatic hydroxyl groups is 1. The molecule has 0 aliphatic carbocycles. The summed E-state index contributed by atoms with van der Waals surface area (Å²) < 4.78 is 1.09. The molecule has 1 heterocycles. The third-order valence-corrected chi connectivity index (χ3v) is 4.29. The van der Waals surface area contributed by atoms with Gasteiger partial charge in [0.15, 0.2) is 0 Å². The van der Waals surface area contributed by atoms with Crippen LogP contribution in [0, 0.1) is 0 Å². The van der Waals surface area contributed by atoms with E-state index in [1.165, 1.54) is 5.56 Å². The predicted molar refractivity (Wildman–Crippen MR) is 64.7 cm³/mol. The SMILES string of the molecule is OC1(Cc2ccc(Br)cc2)CCSC1. The van der Waals surface area contributed by atoms with Crippen LogP contribution in [-0.2, 0) is 6.42 Å². The lowest BCUT2D eigenvalue weighted by atomic mass is 9.94. The molecule has 76 valence electrons. The molecule has 0 saturated carbocycles. The minimum atomic E-state index is -0.460. The van der Waals surface area contributed by atoms with Crippen LogP contribution in [0.15, 0.2) is 28.7 Å². The van der Waals surface area contributed by atoms with Gasteiger partial charge in [0, 0.05) is 16.6 Å². The predicted octanol–water partition coefficient (Wildman–Crippen LogP) is 2.86. The van der Waals surface area contributed by atoms with Crippen molar-refractivity contribution >= 4 is 27.7 Å². The van der Waals surface area contributed by atoms with Gasteiger partial charge in [-0.15, -0.1) is 0 Å². The Labute approximate surface area is 97.0 Å². The zero-order chi connectivity index (χ0) is 10.0. The third kappa shape index (κ3) is 2.53. The molecular weight excluding hydrogens is 260 g/mol. The first-order chi connectivity index (χ1) is 6.68. The molecule has 1 aromatic rings. The molecule has 1 aliphatic heterocycles. The molecule has 2 rings (SSSR count). The Morgan fingerprint density at radius 3 is 2.64 bits per heavy atom. The van der Waals surface area contributed by atoms with Crippen molar-refractivity contribution in [1.29, 1.82) is 0 Å². The monoisotopic (exact) mass is 272 g/mol. The van der Waals surface area contributed by atoms with Gasteiger partial charge >= 0.3 is 0 Å². The van der Waals surface area contributed by atoms with E-state index in [0.717, 1.165) is 28.8 Å². The number of thioether (sulfide) groups is 1. The Bertz CT molecular complexity index is 304. The van der Waals surface area contributed by atoms with Crippen molar-refractivity contribution in [2.75, 3.05) is 11.5 Å². The topological polar surface area (TPSA) is 20.2 Å². The molecule has 1 aromatic carbocycles. The van der Waals surface area contributed by atoms with Gasteiger partial charge in [0.05, 0.1) is 5.60 Å². The summed E-state index contributed by atoms with van der Waals surface area (Å²) in [6.45, 7) is 0. The lowest BCUT2D eigenvalue weighted by molar-refractivity contribution is 0.0686. The first-order valence-corrected chi connectivity index (χ1v) is 6.67. The summed E-state index contributed by atoms with van der Waals surface area (Å²) in [6, 6.07) is 8.21. The Morgan fingerprint density at radius 2 is 2.07 bits per heavy atom. The molecule has 0 amide bonds. The van der Waals surface area contributed by atoms with Gasteiger partial charge in [0.2, 0.25) is 0 Å². The highest BCUT2D eigenvalue weighted by Crippen LogP contribution is 2.31. The van der Waals surface area contributed by atoms with Gasteiger partial charge in [-0.1, -0.05) is 28.1 Å². The lowest BCUT2D eigenvalue weighted by Gasteiger charge is -2.21. The molecule has 1 fully saturated rings. The van der Waals surface area contributed by atoms with Crippen LogP contribution in [0.5, 0.6) is 0 Å². The molecule has 0 aromatic heterocycles. The zero-order valence-corrected chi connectivity index (χ0v) is 10.3. The second-order valence-electron chi connectivity index (χ2n) is 3.83. The Kier molecular flexibility index (Phi) is 3.20. The Hall–Kier alpha value is 0.01000. The highest BCUT2D eigenvalue weighted by molar-refractivity contribution is 9.10. The minimum Gasteiger partial charge on any atom is -0.389 e. The van der Waals surface area contributed by atoms with Crippen LogP contribution in [0.4, 0.5) is 0 Å². The van der Waals surface area contributed by atoms with Crippen LogP contribution in [-0.4, -0.2) is 22.2 Å². The zero-order valence-electron chi connectivity index (χ0n) is 7.87. The van der Waals surface area contributed by atoms with Crippen molar-refractivity contribution in [1.82, 2.24) is 0 Å². The van der Waals surface area contributed by atoms with Gasteiger partial charge in [-0.05, 0) is 29.9 Å². The number of rotatable bonds is 2. The van der Waals surface area contributed by atoms with Gasteiger partial charge in [-0.3, -0.25) is 0 Å². The van der Waals surface area contributed by atoms with Crippen LogP contribution in [0.3, 0.4) is 0 Å². The fourth-order valence-electron chi connectivity index (χ4n) is 1.72. The molecule has 1 atom stereocenters. The van der Waals surface area contributed by atoms with E-state index in [9.17, 15) is 5.11 Å². The van der Waals surface area contributed by atoms with E-state index >= 15 is 0 Å². The second kappa shape index (κ2) is 4.25. The molecule has 0 spiro atoms. The van der Waals surface area contributed by atoms with Crippen LogP contribution < -0.4 is 0 Å². The van der Waals surface area contributed by atoms with Crippen molar-refractivity contribution in [2.45, 2.75) is 18.4 Å². The summed E-state index contributed by atoms with van der Waals surface area (Å²) in [5.41, 5.74) is 0.761. The Morgan fingerprint density at radius 1 is 1.36 bits per heavy atom. The van der Waals surface area contributed by atoms with Gasteiger partial charge in [-0.2, -0.15) is 11.8 Å². The van der Waals surface area contributed by atoms with Gasteiger partial charge in [0.25, 0.3) is 0 Å². The van der Waals surface area contributed by atoms with Gasteiger partial charge in [-0.25, -0.2) is 0 Å². The summed E-state index contributed by atoms with van der Waals surface area (Å²) in [4.78, 5) is 0. The maximum absolute atomic E-state index is 10.2. The van der Waals surface area contributed by atoms with E-state index in [1.54, 1.807) is 0 Å². The third-order valence-electron chi connectivity index (χ3n) is 2.53. The molecule has 14 heavy (non-hydrogen) atoms. The van der Waals surface area contributed by atoms with Gasteiger partial charge in [0.1, 0.15) is 0 Å². The van der Waals surface area contributed by atoms with Crippen molar-refractivity contribution < 1.29 is 5.11 Å². The maximum Gasteiger partial charge on any atom is 0.0785 e. The molecule has 1 nitrogen and oxygen atoms in total. The summed E-state index contributed by atoms with van der Waals surface area (Å²) >= 11 is 5.25. The number of hydrogen-bond donors (Lipinski definition) is 1. The van der Waals surface area contributed by atoms with Crippen LogP contribution >= 0.6 is 27.7 Å². The minimum absolute atomic E-state index is 0.460. The molecule has 1 unspecified atom stereocenters. The lowest BCUT2D eigenvalue weighted by Crippen LogP contribution is -2.30. The fourth-order valence-corrected chi connectivity index (χ4v) is 3.28. The van der Waals surface area contributed by atoms with E-state index in [2.05, 4.69) is 28.1 Å². The molecule has 1 N–H and O–H groups in total. The smallest absolute Gasteiger partial charge is 0.0785 e. The summed E-state index contributed by atoms with van der Waals surface area (Å²) in [6.07, 6.45) is 1.71. The molecule has 1 saturated heterocycles. The van der Waals surface area contributed by atoms with E-state index < -0.39 is 5.60 Å². The molecule has 1 aliphatic rings. The standard InChI is InChI=1S/C11H13BrOS/c12-10-3-1-9(2-4-10)7-11(13)5-6-14-8-11/h1-4,13H,5-8H2. The number of hydrogen-bond acceptors (Lipinski definition) is 2. The van der Waals surface area contributed by atoms with E-state index in [4.69, 9.17) is 0 Å². The molecule has 0 radical (unpaired) electrons. The first-order valence-electron chi connectivity index (χ1n) is 4.73. The highest BCUT2D eigenvalue weighted by atomic mass is 79.9. The fraction of sp³-hybridized carbons (Fsp3) is 0.455. The quantitative estimate of drug-likeness (QED) is 0.894. The normalized spacial score (nSPS) is 26.7. The second-order valence-corrected chi connectivity index (χ2v) is 5.85. The summed E-state index contributed by atoms with van der Waals surface area (Å²) in [7, 11) is 0. The van der Waals surface area contributed by atoms with Gasteiger partial charge < -0.3 is 5.11 Å². The maximum atomic E-state index is 10.2. The van der Waals surface area contributed by atoms with Crippen molar-refractivity contribution in [3.63, 3.8) is 0 Å². The van der Waals surface area contributed by atoms with E-state index in [-0.39, 0.29) is 0 Å². The summed E-state index contributed by atoms with van der Waals surface area (Å²) in [5.74, 6) is 1.97. The Balaban J connectivity index is 2.06. The summed E-state index contributed by atoms with van der Waals surface area (Å²) in [5, 5.41) is 10.2. The average molecular weight is 273 g/mol.